The van der Waals surface area contributed by atoms with Crippen LogP contribution < -0.4 is 20.1 Å². The summed E-state index contributed by atoms with van der Waals surface area (Å²) in [4.78, 5) is 17.0. The number of aryl methyl sites for hydroxylation is 1. The van der Waals surface area contributed by atoms with E-state index in [1.807, 2.05) is 7.05 Å². The van der Waals surface area contributed by atoms with Crippen LogP contribution in [0.1, 0.15) is 17.4 Å². The number of methoxy groups -OCH3 is 2. The Morgan fingerprint density at radius 1 is 1.19 bits per heavy atom. The van der Waals surface area contributed by atoms with Crippen molar-refractivity contribution in [1.82, 2.24) is 24.5 Å². The molecule has 0 aliphatic carbocycles. The van der Waals surface area contributed by atoms with E-state index in [1.54, 1.807) is 49.4 Å². The van der Waals surface area contributed by atoms with E-state index in [4.69, 9.17) is 14.2 Å². The van der Waals surface area contributed by atoms with E-state index in [0.29, 0.717) is 49.2 Å². The molecule has 12 heteroatoms. The van der Waals surface area contributed by atoms with Crippen molar-refractivity contribution < 1.29 is 27.4 Å². The Kier molecular flexibility index (Phi) is 7.94. The van der Waals surface area contributed by atoms with Crippen LogP contribution in [0.2, 0.25) is 0 Å². The van der Waals surface area contributed by atoms with Gasteiger partial charge in [0.05, 0.1) is 33.2 Å². The first kappa shape index (κ1) is 23.8. The summed E-state index contributed by atoms with van der Waals surface area (Å²) < 4.78 is 43.9. The van der Waals surface area contributed by atoms with Gasteiger partial charge in [0.15, 0.2) is 0 Å². The Morgan fingerprint density at radius 2 is 1.84 bits per heavy atom. The van der Waals surface area contributed by atoms with Gasteiger partial charge < -0.3 is 29.4 Å². The highest BCUT2D eigenvalue weighted by molar-refractivity contribution is 7.89. The molecule has 1 aliphatic heterocycles. The lowest BCUT2D eigenvalue weighted by atomic mass is 10.1. The van der Waals surface area contributed by atoms with Gasteiger partial charge >= 0.3 is 6.03 Å². The number of hydrogen-bond donors (Lipinski definition) is 2. The molecule has 0 bridgehead atoms. The van der Waals surface area contributed by atoms with Crippen LogP contribution in [0.5, 0.6) is 11.5 Å². The summed E-state index contributed by atoms with van der Waals surface area (Å²) in [7, 11) is 1.44. The number of imidazole rings is 1. The summed E-state index contributed by atoms with van der Waals surface area (Å²) in [5.41, 5.74) is 0.701. The third kappa shape index (κ3) is 5.90. The first-order valence-corrected chi connectivity index (χ1v) is 11.7. The SMILES string of the molecule is COc1cc(OC)cc(C(NC(=O)NCCS(=O)(=O)N2CCOCC2)c2nccn2C)c1. The van der Waals surface area contributed by atoms with Crippen molar-refractivity contribution in [3.63, 3.8) is 0 Å². The Balaban J connectivity index is 1.70. The van der Waals surface area contributed by atoms with E-state index in [2.05, 4.69) is 15.6 Å². The Hall–Kier alpha value is -2.83. The lowest BCUT2D eigenvalue weighted by Crippen LogP contribution is -2.45. The smallest absolute Gasteiger partial charge is 0.315 e. The van der Waals surface area contributed by atoms with Crippen LogP contribution in [0.4, 0.5) is 4.79 Å². The lowest BCUT2D eigenvalue weighted by Gasteiger charge is -2.26. The normalized spacial score (nSPS) is 15.7. The minimum absolute atomic E-state index is 0.0275. The first-order valence-electron chi connectivity index (χ1n) is 10.1. The summed E-state index contributed by atoms with van der Waals surface area (Å²) in [5.74, 6) is 1.53. The van der Waals surface area contributed by atoms with Crippen LogP contribution >= 0.6 is 0 Å². The van der Waals surface area contributed by atoms with E-state index in [0.717, 1.165) is 0 Å². The Labute approximate surface area is 187 Å². The van der Waals surface area contributed by atoms with Crippen molar-refractivity contribution in [1.29, 1.82) is 0 Å². The number of urea groups is 1. The number of aromatic nitrogens is 2. The van der Waals surface area contributed by atoms with Crippen molar-refractivity contribution in [2.45, 2.75) is 6.04 Å². The van der Waals surface area contributed by atoms with Gasteiger partial charge in [0.2, 0.25) is 10.0 Å². The number of hydrogen-bond acceptors (Lipinski definition) is 7. The maximum absolute atomic E-state index is 12.7. The Bertz CT molecular complexity index is 997. The van der Waals surface area contributed by atoms with Gasteiger partial charge in [-0.3, -0.25) is 0 Å². The minimum Gasteiger partial charge on any atom is -0.497 e. The highest BCUT2D eigenvalue weighted by Crippen LogP contribution is 2.29. The van der Waals surface area contributed by atoms with Crippen molar-refractivity contribution in [2.75, 3.05) is 52.8 Å². The highest BCUT2D eigenvalue weighted by Gasteiger charge is 2.25. The summed E-state index contributed by atoms with van der Waals surface area (Å²) in [5, 5.41) is 5.50. The average Bonchev–Trinajstić information content (AvgIpc) is 3.23. The number of sulfonamides is 1. The number of amides is 2. The molecule has 32 heavy (non-hydrogen) atoms. The van der Waals surface area contributed by atoms with Crippen LogP contribution in [0, 0.1) is 0 Å². The maximum atomic E-state index is 12.7. The van der Waals surface area contributed by atoms with Crippen LogP contribution in [0.3, 0.4) is 0 Å². The average molecular weight is 468 g/mol. The molecule has 2 heterocycles. The number of morpholine rings is 1. The molecular weight excluding hydrogens is 438 g/mol. The molecule has 2 aromatic rings. The maximum Gasteiger partial charge on any atom is 0.315 e. The van der Waals surface area contributed by atoms with Gasteiger partial charge in [-0.05, 0) is 17.7 Å². The van der Waals surface area contributed by atoms with E-state index < -0.39 is 22.1 Å². The van der Waals surface area contributed by atoms with Crippen LogP contribution in [0.15, 0.2) is 30.6 Å². The summed E-state index contributed by atoms with van der Waals surface area (Å²) in [6.45, 7) is 1.38. The van der Waals surface area contributed by atoms with Gasteiger partial charge in [0, 0.05) is 45.1 Å². The minimum atomic E-state index is -3.47. The molecule has 2 N–H and O–H groups in total. The summed E-state index contributed by atoms with van der Waals surface area (Å²) in [6.07, 6.45) is 3.41. The molecule has 3 rings (SSSR count). The highest BCUT2D eigenvalue weighted by atomic mass is 32.2. The molecule has 176 valence electrons. The number of rotatable bonds is 9. The molecule has 0 spiro atoms. The molecule has 0 saturated carbocycles. The second kappa shape index (κ2) is 10.7. The van der Waals surface area contributed by atoms with Crippen LogP contribution in [-0.4, -0.2) is 81.1 Å². The quantitative estimate of drug-likeness (QED) is 0.550. The zero-order valence-corrected chi connectivity index (χ0v) is 19.2. The molecule has 1 aliphatic rings. The second-order valence-electron chi connectivity index (χ2n) is 7.20. The first-order chi connectivity index (χ1) is 15.3. The van der Waals surface area contributed by atoms with Crippen molar-refractivity contribution in [3.05, 3.63) is 42.0 Å². The molecule has 11 nitrogen and oxygen atoms in total. The van der Waals surface area contributed by atoms with Gasteiger partial charge in [-0.25, -0.2) is 18.2 Å². The number of nitrogens with zero attached hydrogens (tertiary/aromatic N) is 3. The third-order valence-electron chi connectivity index (χ3n) is 5.11. The number of ether oxygens (including phenoxy) is 3. The largest absolute Gasteiger partial charge is 0.497 e. The fraction of sp³-hybridized carbons (Fsp3) is 0.500. The van der Waals surface area contributed by atoms with Crippen LogP contribution in [-0.2, 0) is 21.8 Å². The van der Waals surface area contributed by atoms with Crippen LogP contribution in [0.25, 0.3) is 0 Å². The predicted octanol–water partition coefficient (Wildman–Crippen LogP) is 0.488. The fourth-order valence-corrected chi connectivity index (χ4v) is 4.70. The molecule has 2 amide bonds. The topological polar surface area (TPSA) is 124 Å². The molecule has 1 unspecified atom stereocenters. The molecule has 1 atom stereocenters. The number of carbonyl (C=O) groups is 1. The fourth-order valence-electron chi connectivity index (χ4n) is 3.38. The van der Waals surface area contributed by atoms with Gasteiger partial charge in [0.1, 0.15) is 23.4 Å². The van der Waals surface area contributed by atoms with E-state index in [1.165, 1.54) is 4.31 Å². The van der Waals surface area contributed by atoms with Gasteiger partial charge in [-0.15, -0.1) is 0 Å². The van der Waals surface area contributed by atoms with E-state index >= 15 is 0 Å². The summed E-state index contributed by atoms with van der Waals surface area (Å²) in [6, 6.07) is 4.16. The predicted molar refractivity (Wildman–Crippen MR) is 117 cm³/mol. The molecular formula is C20H29N5O6S. The van der Waals surface area contributed by atoms with E-state index in [-0.39, 0.29) is 12.3 Å². The standard InChI is InChI=1S/C20H29N5O6S/c1-24-6-4-21-19(24)18(15-12-16(29-2)14-17(13-15)30-3)23-20(26)22-5-11-32(27,28)25-7-9-31-10-8-25/h4,6,12-14,18H,5,7-11H2,1-3H3,(H2,22,23,26). The molecule has 1 aromatic heterocycles. The number of benzene rings is 1. The second-order valence-corrected chi connectivity index (χ2v) is 9.29. The summed E-state index contributed by atoms with van der Waals surface area (Å²) >= 11 is 0. The molecule has 1 fully saturated rings. The molecule has 1 saturated heterocycles. The van der Waals surface area contributed by atoms with E-state index in [9.17, 15) is 13.2 Å². The van der Waals surface area contributed by atoms with Crippen molar-refractivity contribution in [3.8, 4) is 11.5 Å². The number of nitrogens with one attached hydrogen (secondary N) is 2. The zero-order chi connectivity index (χ0) is 23.1. The van der Waals surface area contributed by atoms with Crippen molar-refractivity contribution in [2.24, 2.45) is 7.05 Å². The zero-order valence-electron chi connectivity index (χ0n) is 18.4. The molecule has 1 aromatic carbocycles. The third-order valence-corrected chi connectivity index (χ3v) is 6.98. The van der Waals surface area contributed by atoms with Gasteiger partial charge in [-0.1, -0.05) is 0 Å². The van der Waals surface area contributed by atoms with Gasteiger partial charge in [0.25, 0.3) is 0 Å². The van der Waals surface area contributed by atoms with Gasteiger partial charge in [-0.2, -0.15) is 4.31 Å². The Morgan fingerprint density at radius 3 is 2.41 bits per heavy atom. The lowest BCUT2D eigenvalue weighted by molar-refractivity contribution is 0.0730. The van der Waals surface area contributed by atoms with Crippen molar-refractivity contribution >= 4 is 16.1 Å². The monoisotopic (exact) mass is 467 g/mol. The number of carbonyl (C=O) groups excluding carboxylic acids is 1. The molecule has 0 radical (unpaired) electrons.